The van der Waals surface area contributed by atoms with Crippen molar-refractivity contribution in [1.82, 2.24) is 26.6 Å². The summed E-state index contributed by atoms with van der Waals surface area (Å²) in [6.07, 6.45) is 9.16. The van der Waals surface area contributed by atoms with Crippen molar-refractivity contribution < 1.29 is 97.1 Å². The molecule has 4 aliphatic heterocycles. The van der Waals surface area contributed by atoms with Crippen LogP contribution in [0.4, 0.5) is 30.0 Å². The molecule has 16 nitrogen and oxygen atoms in total. The van der Waals surface area contributed by atoms with Crippen molar-refractivity contribution in [2.45, 2.75) is 69.4 Å². The molecular weight excluding hydrogens is 1140 g/mol. The number of carbonyl (C=O) groups is 6. The van der Waals surface area contributed by atoms with Crippen LogP contribution in [0.1, 0.15) is 66.7 Å². The standard InChI is InChI=1S/C49H49N5O11.C5H5.F6P.Ru/c1-49(2,3)65-48(60)51-35-24-28-16-20-33(21-17-28)63-37-26-32-27-38(42(37)61-4)64-34-22-18-29(19-23-34)25-36(47(59)62-5)50-44(56)39(30-12-8-6-9-13-30)53-46(58)41(32)54-45(57)40(52-43(35)55)31-14-10-7-11-15-31;1-2-4-5-3-1;1-7(2,3,4,5)6;/h6-23,26-27,35-36,39-41H,24-25H2,1-5H3,(H,50,56)(H,51,60)(H,52,55)(H,53,58)(H,54,57);1-5H;;/q;;-1;+2/t35-,36+,39-,40+,41-;;;/m1.../s1. The molecule has 4 heterocycles. The second-order valence-corrected chi connectivity index (χ2v) is 20.2. The van der Waals surface area contributed by atoms with E-state index in [0.29, 0.717) is 33.8 Å². The largest absolute Gasteiger partial charge is 2.00 e. The third kappa shape index (κ3) is 19.6. The summed E-state index contributed by atoms with van der Waals surface area (Å²) in [6.45, 7) is 5.06. The van der Waals surface area contributed by atoms with Crippen LogP contribution in [-0.4, -0.2) is 67.6 Å². The maximum absolute atomic E-state index is 15.0. The number of carbonyl (C=O) groups excluding carboxylic acids is 6. The van der Waals surface area contributed by atoms with Gasteiger partial charge in [-0.25, -0.2) is 9.59 Å². The molecule has 5 N–H and O–H groups in total. The normalized spacial score (nSPS) is 20.4. The van der Waals surface area contributed by atoms with E-state index >= 15 is 4.79 Å². The summed E-state index contributed by atoms with van der Waals surface area (Å²) in [6, 6.07) is 26.4. The van der Waals surface area contributed by atoms with Crippen molar-refractivity contribution in [2.24, 2.45) is 0 Å². The van der Waals surface area contributed by atoms with E-state index in [-0.39, 0.29) is 55.1 Å². The second-order valence-electron chi connectivity index (χ2n) is 18.3. The average Bonchev–Trinajstić information content (AvgIpc) is 3.96. The quantitative estimate of drug-likeness (QED) is 0.0484. The van der Waals surface area contributed by atoms with Crippen LogP contribution in [0.25, 0.3) is 0 Å². The SMILES string of the molecule is COC(=O)[C@@H]1Cc2ccc(cc2)Oc2cc3cc(c2OC)Oc2ccc(cc2)C[C@@H](NC(=O)OC(C)(C)C)C(=O)N[C@@H](c2ccccc2)C(=O)N[C@H]3C(=O)N[C@H](c2ccccc2)C(=O)N1.F[P-](F)(F)(F)(F)F.[CH]1[CH][CH][CH][CH]1.[Ru+2]. The molecule has 78 heavy (non-hydrogen) atoms. The van der Waals surface area contributed by atoms with Crippen LogP contribution < -0.4 is 40.8 Å². The van der Waals surface area contributed by atoms with Crippen LogP contribution in [0.2, 0.25) is 0 Å². The van der Waals surface area contributed by atoms with Gasteiger partial charge in [-0.3, -0.25) is 19.2 Å². The van der Waals surface area contributed by atoms with Crippen LogP contribution in [0.5, 0.6) is 28.7 Å². The fourth-order valence-corrected chi connectivity index (χ4v) is 7.69. The fourth-order valence-electron chi connectivity index (χ4n) is 7.69. The molecular formula is C54H54F6N5O11PRu+. The van der Waals surface area contributed by atoms with Gasteiger partial charge in [0, 0.05) is 12.8 Å². The first-order valence-electron chi connectivity index (χ1n) is 23.5. The zero-order valence-electron chi connectivity index (χ0n) is 42.3. The zero-order chi connectivity index (χ0) is 56.2. The minimum atomic E-state index is -10.7. The number of nitrogens with one attached hydrogen (secondary N) is 5. The van der Waals surface area contributed by atoms with Crippen molar-refractivity contribution in [3.05, 3.63) is 181 Å². The van der Waals surface area contributed by atoms with Crippen LogP contribution in [0.3, 0.4) is 0 Å². The average molecular weight is 1200 g/mol. The van der Waals surface area contributed by atoms with Gasteiger partial charge in [-0.2, -0.15) is 0 Å². The fraction of sp³-hybridized carbons (Fsp3) is 0.241. The number of esters is 1. The number of rotatable bonds is 5. The molecule has 5 aromatic rings. The summed E-state index contributed by atoms with van der Waals surface area (Å²) in [5.74, 6) is -2.92. The van der Waals surface area contributed by atoms with Crippen LogP contribution in [0, 0.1) is 32.1 Å². The summed E-state index contributed by atoms with van der Waals surface area (Å²) in [5.41, 5.74) is 1.24. The van der Waals surface area contributed by atoms with E-state index < -0.39 is 79.3 Å². The number of hydrogen-bond acceptors (Lipinski definition) is 11. The molecule has 5 radical (unpaired) electrons. The van der Waals surface area contributed by atoms with Crippen molar-refractivity contribution in [2.75, 3.05) is 14.2 Å². The Morgan fingerprint density at radius 2 is 0.949 bits per heavy atom. The predicted octanol–water partition coefficient (Wildman–Crippen LogP) is 10.2. The summed E-state index contributed by atoms with van der Waals surface area (Å²) < 4.78 is 88.5. The smallest absolute Gasteiger partial charge is 0.0312 e. The Bertz CT molecular complexity index is 2880. The van der Waals surface area contributed by atoms with Gasteiger partial charge in [0.15, 0.2) is 11.5 Å². The van der Waals surface area contributed by atoms with Crippen molar-refractivity contribution >= 4 is 43.5 Å². The van der Waals surface area contributed by atoms with E-state index in [0.717, 1.165) is 0 Å². The molecule has 0 saturated heterocycles. The Hall–Kier alpha value is -7.25. The first kappa shape index (κ1) is 61.6. The summed E-state index contributed by atoms with van der Waals surface area (Å²) in [4.78, 5) is 84.9. The maximum Gasteiger partial charge on any atom is 2.00 e. The minimum Gasteiger partial charge on any atom is -0.0312 e. The Morgan fingerprint density at radius 3 is 1.35 bits per heavy atom. The van der Waals surface area contributed by atoms with Gasteiger partial charge in [0.05, 0.1) is 14.2 Å². The number of halogens is 6. The van der Waals surface area contributed by atoms with Crippen LogP contribution in [0.15, 0.2) is 121 Å². The third-order valence-electron chi connectivity index (χ3n) is 11.0. The first-order valence-corrected chi connectivity index (χ1v) is 25.5. The van der Waals surface area contributed by atoms with Gasteiger partial charge >= 0.3 is 64.5 Å². The maximum atomic E-state index is 15.0. The van der Waals surface area contributed by atoms with E-state index in [1.165, 1.54) is 26.4 Å². The number of amides is 5. The number of alkyl carbamates (subject to hydrolysis) is 1. The van der Waals surface area contributed by atoms with E-state index in [1.807, 2.05) is 32.1 Å². The monoisotopic (exact) mass is 1200 g/mol. The molecule has 5 aromatic carbocycles. The van der Waals surface area contributed by atoms with Gasteiger partial charge in [-0.15, -0.1) is 0 Å². The molecule has 1 saturated carbocycles. The van der Waals surface area contributed by atoms with Crippen LogP contribution >= 0.6 is 7.81 Å². The first-order chi connectivity index (χ1) is 36.1. The van der Waals surface area contributed by atoms with Gasteiger partial charge in [0.2, 0.25) is 29.4 Å². The molecule has 415 valence electrons. The number of hydrogen-bond donors (Lipinski definition) is 5. The van der Waals surface area contributed by atoms with Crippen LogP contribution in [-0.2, 0) is 65.8 Å². The van der Waals surface area contributed by atoms with Gasteiger partial charge in [-0.05, 0) is 117 Å². The molecule has 5 atom stereocenters. The van der Waals surface area contributed by atoms with Gasteiger partial charge < -0.3 is 50.3 Å². The van der Waals surface area contributed by atoms with Crippen molar-refractivity contribution in [1.29, 1.82) is 0 Å². The van der Waals surface area contributed by atoms with E-state index in [4.69, 9.17) is 23.7 Å². The van der Waals surface area contributed by atoms with Gasteiger partial charge in [0.25, 0.3) is 0 Å². The molecule has 0 spiro atoms. The second kappa shape index (κ2) is 25.5. The van der Waals surface area contributed by atoms with E-state index in [9.17, 15) is 49.2 Å². The van der Waals surface area contributed by atoms with Crippen molar-refractivity contribution in [3.8, 4) is 28.7 Å². The van der Waals surface area contributed by atoms with Gasteiger partial charge in [0.1, 0.15) is 47.3 Å². The topological polar surface area (TPSA) is 209 Å². The van der Waals surface area contributed by atoms with E-state index in [2.05, 4.69) is 26.6 Å². The molecule has 5 amide bonds. The Balaban J connectivity index is 0.000000767. The zero-order valence-corrected chi connectivity index (χ0v) is 44.9. The number of fused-ring (bicyclic) bond motifs is 16. The number of benzene rings is 5. The number of ether oxygens (including phenoxy) is 5. The predicted molar refractivity (Wildman–Crippen MR) is 271 cm³/mol. The van der Waals surface area contributed by atoms with Crippen molar-refractivity contribution in [3.63, 3.8) is 0 Å². The summed E-state index contributed by atoms with van der Waals surface area (Å²) >= 11 is 0. The molecule has 0 unspecified atom stereocenters. The molecule has 0 aromatic heterocycles. The Labute approximate surface area is 459 Å². The Kier molecular flexibility index (Phi) is 20.1. The summed E-state index contributed by atoms with van der Waals surface area (Å²) in [7, 11) is -8.03. The minimum absolute atomic E-state index is 0. The molecule has 5 aliphatic rings. The van der Waals surface area contributed by atoms with Gasteiger partial charge in [-0.1, -0.05) is 84.9 Å². The Morgan fingerprint density at radius 1 is 0.564 bits per heavy atom. The molecule has 10 rings (SSSR count). The molecule has 7 bridgehead atoms. The molecule has 1 aliphatic carbocycles. The molecule has 24 heteroatoms. The molecule has 1 fully saturated rings. The number of methoxy groups -OCH3 is 2. The van der Waals surface area contributed by atoms with E-state index in [1.54, 1.807) is 130 Å². The summed E-state index contributed by atoms with van der Waals surface area (Å²) in [5, 5.41) is 13.8. The third-order valence-corrected chi connectivity index (χ3v) is 11.0.